The smallest absolute Gasteiger partial charge is 0.191 e. The van der Waals surface area contributed by atoms with Crippen molar-refractivity contribution >= 4 is 5.96 Å². The predicted molar refractivity (Wildman–Crippen MR) is 106 cm³/mol. The van der Waals surface area contributed by atoms with Crippen LogP contribution in [-0.2, 0) is 0 Å². The number of hydrogen-bond donors (Lipinski definition) is 2. The molecule has 0 atom stereocenters. The van der Waals surface area contributed by atoms with E-state index in [1.165, 1.54) is 25.9 Å². The van der Waals surface area contributed by atoms with Crippen molar-refractivity contribution in [3.63, 3.8) is 0 Å². The highest BCUT2D eigenvalue weighted by Crippen LogP contribution is 2.12. The fourth-order valence-corrected chi connectivity index (χ4v) is 3.46. The summed E-state index contributed by atoms with van der Waals surface area (Å²) in [6, 6.07) is 2.34. The molecule has 0 spiro atoms. The summed E-state index contributed by atoms with van der Waals surface area (Å²) in [7, 11) is 0. The third kappa shape index (κ3) is 7.39. The molecule has 0 aromatic rings. The molecule has 0 bridgehead atoms. The minimum absolute atomic E-state index is 0.545. The summed E-state index contributed by atoms with van der Waals surface area (Å²) in [6.07, 6.45) is 2.40. The van der Waals surface area contributed by atoms with Crippen molar-refractivity contribution in [3.8, 4) is 0 Å². The molecule has 0 aliphatic carbocycles. The summed E-state index contributed by atoms with van der Waals surface area (Å²) in [5, 5.41) is 7.05. The van der Waals surface area contributed by atoms with E-state index in [1.54, 1.807) is 0 Å². The fourth-order valence-electron chi connectivity index (χ4n) is 3.46. The lowest BCUT2D eigenvalue weighted by atomic mass is 10.0. The molecule has 1 saturated heterocycles. The maximum absolute atomic E-state index is 4.81. The van der Waals surface area contributed by atoms with Gasteiger partial charge in [-0.1, -0.05) is 0 Å². The Morgan fingerprint density at radius 3 is 2.12 bits per heavy atom. The Kier molecular flexibility index (Phi) is 9.67. The molecular weight excluding hydrogens is 298 g/mol. The van der Waals surface area contributed by atoms with Crippen LogP contribution in [0.25, 0.3) is 0 Å². The van der Waals surface area contributed by atoms with Crippen LogP contribution < -0.4 is 10.6 Å². The van der Waals surface area contributed by atoms with Crippen LogP contribution in [0, 0.1) is 0 Å². The Morgan fingerprint density at radius 2 is 1.67 bits per heavy atom. The molecule has 1 aliphatic heterocycles. The SMILES string of the molecule is CCNC(=NCCN(C(C)C)C(C)C)NC1CCN(C(C)C)CC1. The Labute approximate surface area is 150 Å². The number of likely N-dealkylation sites (tertiary alicyclic amines) is 1. The molecule has 5 heteroatoms. The fraction of sp³-hybridized carbons (Fsp3) is 0.947. The van der Waals surface area contributed by atoms with Crippen molar-refractivity contribution in [1.82, 2.24) is 20.4 Å². The Morgan fingerprint density at radius 1 is 1.08 bits per heavy atom. The second-order valence-corrected chi connectivity index (χ2v) is 7.73. The first-order valence-corrected chi connectivity index (χ1v) is 9.89. The van der Waals surface area contributed by atoms with Crippen molar-refractivity contribution in [2.24, 2.45) is 4.99 Å². The molecule has 142 valence electrons. The normalized spacial score (nSPS) is 18.2. The highest BCUT2D eigenvalue weighted by Gasteiger charge is 2.21. The number of nitrogens with one attached hydrogen (secondary N) is 2. The standard InChI is InChI=1S/C19H41N5/c1-8-20-19(21-11-14-24(16(4)5)17(6)7)22-18-9-12-23(13-10-18)15(2)3/h15-18H,8-14H2,1-7H3,(H2,20,21,22). The first-order valence-electron chi connectivity index (χ1n) is 9.89. The maximum atomic E-state index is 4.81. The van der Waals surface area contributed by atoms with Gasteiger partial charge in [-0.25, -0.2) is 0 Å². The molecule has 2 N–H and O–H groups in total. The van der Waals surface area contributed by atoms with Gasteiger partial charge in [-0.15, -0.1) is 0 Å². The zero-order valence-corrected chi connectivity index (χ0v) is 17.1. The second-order valence-electron chi connectivity index (χ2n) is 7.73. The number of aliphatic imine (C=N–C) groups is 1. The van der Waals surface area contributed by atoms with Gasteiger partial charge in [0, 0.05) is 50.3 Å². The van der Waals surface area contributed by atoms with Gasteiger partial charge < -0.3 is 15.5 Å². The van der Waals surface area contributed by atoms with Crippen molar-refractivity contribution in [2.75, 3.05) is 32.7 Å². The summed E-state index contributed by atoms with van der Waals surface area (Å²) in [4.78, 5) is 9.86. The van der Waals surface area contributed by atoms with E-state index < -0.39 is 0 Å². The third-order valence-corrected chi connectivity index (χ3v) is 4.90. The van der Waals surface area contributed by atoms with Crippen LogP contribution in [0.2, 0.25) is 0 Å². The van der Waals surface area contributed by atoms with Crippen LogP contribution in [0.3, 0.4) is 0 Å². The van der Waals surface area contributed by atoms with Gasteiger partial charge in [-0.3, -0.25) is 9.89 Å². The highest BCUT2D eigenvalue weighted by atomic mass is 15.2. The van der Waals surface area contributed by atoms with Gasteiger partial charge in [-0.2, -0.15) is 0 Å². The number of nitrogens with zero attached hydrogens (tertiary/aromatic N) is 3. The van der Waals surface area contributed by atoms with Crippen LogP contribution >= 0.6 is 0 Å². The van der Waals surface area contributed by atoms with Crippen molar-refractivity contribution in [3.05, 3.63) is 0 Å². The Hall–Kier alpha value is -0.810. The van der Waals surface area contributed by atoms with E-state index in [1.807, 2.05) is 0 Å². The van der Waals surface area contributed by atoms with Gasteiger partial charge in [0.2, 0.25) is 0 Å². The van der Waals surface area contributed by atoms with Crippen molar-refractivity contribution in [2.45, 2.75) is 85.5 Å². The number of guanidine groups is 1. The van der Waals surface area contributed by atoms with Crippen molar-refractivity contribution in [1.29, 1.82) is 0 Å². The van der Waals surface area contributed by atoms with E-state index in [4.69, 9.17) is 4.99 Å². The second kappa shape index (κ2) is 10.9. The zero-order chi connectivity index (χ0) is 18.1. The number of rotatable bonds is 8. The Balaban J connectivity index is 2.48. The van der Waals surface area contributed by atoms with Gasteiger partial charge >= 0.3 is 0 Å². The molecule has 5 nitrogen and oxygen atoms in total. The minimum atomic E-state index is 0.545. The highest BCUT2D eigenvalue weighted by molar-refractivity contribution is 5.80. The first kappa shape index (κ1) is 21.2. The third-order valence-electron chi connectivity index (χ3n) is 4.90. The maximum Gasteiger partial charge on any atom is 0.191 e. The van der Waals surface area contributed by atoms with Gasteiger partial charge in [0.15, 0.2) is 5.96 Å². The molecule has 0 aromatic carbocycles. The topological polar surface area (TPSA) is 42.9 Å². The lowest BCUT2D eigenvalue weighted by Crippen LogP contribution is -2.50. The van der Waals surface area contributed by atoms with E-state index in [-0.39, 0.29) is 0 Å². The number of piperidine rings is 1. The molecule has 0 saturated carbocycles. The van der Waals surface area contributed by atoms with Crippen LogP contribution in [0.5, 0.6) is 0 Å². The van der Waals surface area contributed by atoms with Crippen LogP contribution in [-0.4, -0.2) is 72.7 Å². The van der Waals surface area contributed by atoms with Crippen LogP contribution in [0.4, 0.5) is 0 Å². The summed E-state index contributed by atoms with van der Waals surface area (Å²) in [5.74, 6) is 0.980. The van der Waals surface area contributed by atoms with Crippen molar-refractivity contribution < 1.29 is 0 Å². The largest absolute Gasteiger partial charge is 0.357 e. The van der Waals surface area contributed by atoms with E-state index >= 15 is 0 Å². The van der Waals surface area contributed by atoms with Gasteiger partial charge in [0.05, 0.1) is 6.54 Å². The molecule has 1 rings (SSSR count). The van der Waals surface area contributed by atoms with E-state index in [2.05, 4.69) is 68.9 Å². The number of hydrogen-bond acceptors (Lipinski definition) is 3. The summed E-state index contributed by atoms with van der Waals surface area (Å²) in [6.45, 7) is 20.9. The van der Waals surface area contributed by atoms with E-state index in [0.717, 1.165) is 25.6 Å². The molecule has 1 aliphatic rings. The van der Waals surface area contributed by atoms with Crippen LogP contribution in [0.1, 0.15) is 61.3 Å². The molecule has 0 aromatic heterocycles. The lowest BCUT2D eigenvalue weighted by molar-refractivity contribution is 0.167. The summed E-state index contributed by atoms with van der Waals surface area (Å²) in [5.41, 5.74) is 0. The molecule has 0 radical (unpaired) electrons. The minimum Gasteiger partial charge on any atom is -0.357 e. The first-order chi connectivity index (χ1) is 11.3. The van der Waals surface area contributed by atoms with E-state index in [0.29, 0.717) is 24.2 Å². The monoisotopic (exact) mass is 339 g/mol. The molecule has 1 heterocycles. The molecule has 0 unspecified atom stereocenters. The molecule has 1 fully saturated rings. The van der Waals surface area contributed by atoms with Gasteiger partial charge in [-0.05, 0) is 61.3 Å². The summed E-state index contributed by atoms with van der Waals surface area (Å²) < 4.78 is 0. The Bertz CT molecular complexity index is 349. The molecule has 24 heavy (non-hydrogen) atoms. The average molecular weight is 340 g/mol. The lowest BCUT2D eigenvalue weighted by Gasteiger charge is -2.35. The molecular formula is C19H41N5. The van der Waals surface area contributed by atoms with E-state index in [9.17, 15) is 0 Å². The van der Waals surface area contributed by atoms with Gasteiger partial charge in [0.1, 0.15) is 0 Å². The zero-order valence-electron chi connectivity index (χ0n) is 17.1. The predicted octanol–water partition coefficient (Wildman–Crippen LogP) is 2.53. The quantitative estimate of drug-likeness (QED) is 0.527. The van der Waals surface area contributed by atoms with Gasteiger partial charge in [0.25, 0.3) is 0 Å². The summed E-state index contributed by atoms with van der Waals surface area (Å²) >= 11 is 0. The average Bonchev–Trinajstić information content (AvgIpc) is 2.51. The molecule has 0 amide bonds. The van der Waals surface area contributed by atoms with Crippen LogP contribution in [0.15, 0.2) is 4.99 Å².